The predicted molar refractivity (Wildman–Crippen MR) is 57.1 cm³/mol. The van der Waals surface area contributed by atoms with Gasteiger partial charge in [-0.15, -0.1) is 0 Å². The van der Waals surface area contributed by atoms with Crippen LogP contribution in [0.5, 0.6) is 0 Å². The quantitative estimate of drug-likeness (QED) is 0.840. The van der Waals surface area contributed by atoms with Crippen LogP contribution >= 0.6 is 15.9 Å². The molecule has 1 amide bonds. The first-order chi connectivity index (χ1) is 7.41. The fraction of sp³-hybridized carbons (Fsp3) is 0.300. The van der Waals surface area contributed by atoms with Gasteiger partial charge in [0.2, 0.25) is 0 Å². The lowest BCUT2D eigenvalue weighted by molar-refractivity contribution is 0.0620. The van der Waals surface area contributed by atoms with Gasteiger partial charge in [0.15, 0.2) is 0 Å². The molecule has 0 bridgehead atoms. The summed E-state index contributed by atoms with van der Waals surface area (Å²) in [7, 11) is 1.27. The third kappa shape index (κ3) is 3.23. The monoisotopic (exact) mass is 295 g/mol. The van der Waals surface area contributed by atoms with Crippen molar-refractivity contribution in [3.05, 3.63) is 34.1 Å². The third-order valence-corrected chi connectivity index (χ3v) is 2.53. The number of amides is 1. The minimum atomic E-state index is -2.59. The molecule has 0 radical (unpaired) electrons. The fourth-order valence-corrected chi connectivity index (χ4v) is 1.52. The Morgan fingerprint density at radius 2 is 2.12 bits per heavy atom. The summed E-state index contributed by atoms with van der Waals surface area (Å²) in [5.74, 6) is -1.07. The van der Waals surface area contributed by atoms with Crippen molar-refractivity contribution in [1.82, 2.24) is 4.90 Å². The van der Waals surface area contributed by atoms with E-state index in [9.17, 15) is 18.0 Å². The first kappa shape index (κ1) is 13.0. The van der Waals surface area contributed by atoms with Crippen molar-refractivity contribution in [2.75, 3.05) is 13.6 Å². The van der Waals surface area contributed by atoms with E-state index in [1.54, 1.807) is 0 Å². The van der Waals surface area contributed by atoms with Gasteiger partial charge in [-0.3, -0.25) is 4.79 Å². The molecule has 0 fully saturated rings. The van der Waals surface area contributed by atoms with Gasteiger partial charge in [-0.1, -0.05) is 0 Å². The summed E-state index contributed by atoms with van der Waals surface area (Å²) >= 11 is 2.92. The molecule has 0 spiro atoms. The smallest absolute Gasteiger partial charge is 0.255 e. The number of hydrogen-bond acceptors (Lipinski definition) is 1. The molecule has 0 aliphatic rings. The van der Waals surface area contributed by atoms with Crippen molar-refractivity contribution in [2.24, 2.45) is 0 Å². The Hall–Kier alpha value is -1.04. The van der Waals surface area contributed by atoms with Crippen LogP contribution in [0.1, 0.15) is 10.4 Å². The van der Waals surface area contributed by atoms with Crippen LogP contribution in [-0.2, 0) is 0 Å². The van der Waals surface area contributed by atoms with Gasteiger partial charge in [-0.25, -0.2) is 13.2 Å². The topological polar surface area (TPSA) is 20.3 Å². The lowest BCUT2D eigenvalue weighted by atomic mass is 10.2. The Morgan fingerprint density at radius 1 is 1.50 bits per heavy atom. The molecule has 1 aromatic rings. The van der Waals surface area contributed by atoms with E-state index in [4.69, 9.17) is 0 Å². The van der Waals surface area contributed by atoms with Gasteiger partial charge in [0.25, 0.3) is 12.3 Å². The van der Waals surface area contributed by atoms with Crippen molar-refractivity contribution in [3.63, 3.8) is 0 Å². The van der Waals surface area contributed by atoms with Gasteiger partial charge < -0.3 is 4.90 Å². The van der Waals surface area contributed by atoms with E-state index < -0.39 is 24.7 Å². The normalized spacial score (nSPS) is 10.6. The fourth-order valence-electron chi connectivity index (χ4n) is 1.14. The lowest BCUT2D eigenvalue weighted by Gasteiger charge is -2.16. The van der Waals surface area contributed by atoms with Crippen molar-refractivity contribution in [3.8, 4) is 0 Å². The minimum absolute atomic E-state index is 0.129. The highest BCUT2D eigenvalue weighted by molar-refractivity contribution is 9.10. The Morgan fingerprint density at radius 3 is 2.62 bits per heavy atom. The molecule has 6 heteroatoms. The number of halogens is 4. The van der Waals surface area contributed by atoms with E-state index >= 15 is 0 Å². The molecule has 1 aromatic carbocycles. The summed E-state index contributed by atoms with van der Waals surface area (Å²) in [4.78, 5) is 12.5. The summed E-state index contributed by atoms with van der Waals surface area (Å²) in [6, 6.07) is 3.62. The van der Waals surface area contributed by atoms with Gasteiger partial charge in [0, 0.05) is 12.6 Å². The van der Waals surface area contributed by atoms with Crippen LogP contribution in [0.2, 0.25) is 0 Å². The number of benzene rings is 1. The molecule has 0 unspecified atom stereocenters. The zero-order valence-corrected chi connectivity index (χ0v) is 9.97. The molecular formula is C10H9BrF3NO. The number of nitrogens with zero attached hydrogens (tertiary/aromatic N) is 1. The van der Waals surface area contributed by atoms with Crippen LogP contribution in [0.15, 0.2) is 22.7 Å². The largest absolute Gasteiger partial charge is 0.336 e. The SMILES string of the molecule is CN(CC(F)F)C(=O)c1ccc(F)c(Br)c1. The summed E-state index contributed by atoms with van der Waals surface area (Å²) in [6.07, 6.45) is -2.59. The third-order valence-electron chi connectivity index (χ3n) is 1.93. The molecule has 2 nitrogen and oxygen atoms in total. The Bertz CT molecular complexity index is 398. The molecule has 0 aromatic heterocycles. The predicted octanol–water partition coefficient (Wildman–Crippen LogP) is 2.93. The Balaban J connectivity index is 2.84. The summed E-state index contributed by atoms with van der Waals surface area (Å²) in [5.41, 5.74) is 0.163. The van der Waals surface area contributed by atoms with Crippen molar-refractivity contribution >= 4 is 21.8 Å². The van der Waals surface area contributed by atoms with Crippen LogP contribution in [0.4, 0.5) is 13.2 Å². The van der Waals surface area contributed by atoms with Crippen molar-refractivity contribution < 1.29 is 18.0 Å². The number of hydrogen-bond donors (Lipinski definition) is 0. The van der Waals surface area contributed by atoms with Crippen LogP contribution in [0.3, 0.4) is 0 Å². The number of alkyl halides is 2. The van der Waals surface area contributed by atoms with Gasteiger partial charge in [0.05, 0.1) is 11.0 Å². The highest BCUT2D eigenvalue weighted by Gasteiger charge is 2.16. The first-order valence-corrected chi connectivity index (χ1v) is 5.19. The average molecular weight is 296 g/mol. The molecule has 0 saturated heterocycles. The van der Waals surface area contributed by atoms with Gasteiger partial charge in [-0.2, -0.15) is 0 Å². The van der Waals surface area contributed by atoms with E-state index in [1.165, 1.54) is 19.2 Å². The maximum Gasteiger partial charge on any atom is 0.255 e. The minimum Gasteiger partial charge on any atom is -0.336 e. The van der Waals surface area contributed by atoms with Crippen molar-refractivity contribution in [1.29, 1.82) is 0 Å². The Labute approximate surface area is 99.2 Å². The standard InChI is InChI=1S/C10H9BrF3NO/c1-15(5-9(13)14)10(16)6-2-3-8(12)7(11)4-6/h2-4,9H,5H2,1H3. The molecule has 0 heterocycles. The molecular weight excluding hydrogens is 287 g/mol. The molecule has 88 valence electrons. The second kappa shape index (κ2) is 5.34. The van der Waals surface area contributed by atoms with E-state index in [-0.39, 0.29) is 10.0 Å². The second-order valence-electron chi connectivity index (χ2n) is 3.21. The maximum absolute atomic E-state index is 12.9. The second-order valence-corrected chi connectivity index (χ2v) is 4.06. The maximum atomic E-state index is 12.9. The lowest BCUT2D eigenvalue weighted by Crippen LogP contribution is -2.31. The number of carbonyl (C=O) groups is 1. The summed E-state index contributed by atoms with van der Waals surface area (Å²) in [6.45, 7) is -0.645. The zero-order chi connectivity index (χ0) is 12.3. The van der Waals surface area contributed by atoms with E-state index in [2.05, 4.69) is 15.9 Å². The van der Waals surface area contributed by atoms with Crippen LogP contribution in [-0.4, -0.2) is 30.8 Å². The number of carbonyl (C=O) groups excluding carboxylic acids is 1. The van der Waals surface area contributed by atoms with Crippen LogP contribution < -0.4 is 0 Å². The molecule has 0 saturated carbocycles. The summed E-state index contributed by atoms with van der Waals surface area (Å²) in [5, 5.41) is 0. The van der Waals surface area contributed by atoms with E-state index in [1.807, 2.05) is 0 Å². The van der Waals surface area contributed by atoms with E-state index in [0.717, 1.165) is 11.0 Å². The average Bonchev–Trinajstić information content (AvgIpc) is 2.20. The summed E-state index contributed by atoms with van der Waals surface area (Å²) < 4.78 is 37.1. The van der Waals surface area contributed by atoms with Gasteiger partial charge >= 0.3 is 0 Å². The van der Waals surface area contributed by atoms with E-state index in [0.29, 0.717) is 0 Å². The molecule has 0 aliphatic heterocycles. The molecule has 1 rings (SSSR count). The zero-order valence-electron chi connectivity index (χ0n) is 8.38. The van der Waals surface area contributed by atoms with Gasteiger partial charge in [-0.05, 0) is 34.1 Å². The first-order valence-electron chi connectivity index (χ1n) is 4.40. The highest BCUT2D eigenvalue weighted by atomic mass is 79.9. The molecule has 16 heavy (non-hydrogen) atoms. The molecule has 0 aliphatic carbocycles. The Kier molecular flexibility index (Phi) is 4.35. The number of rotatable bonds is 3. The molecule has 0 N–H and O–H groups in total. The molecule has 0 atom stereocenters. The van der Waals surface area contributed by atoms with Crippen LogP contribution in [0.25, 0.3) is 0 Å². The van der Waals surface area contributed by atoms with Crippen LogP contribution in [0, 0.1) is 5.82 Å². The van der Waals surface area contributed by atoms with Gasteiger partial charge in [0.1, 0.15) is 5.82 Å². The highest BCUT2D eigenvalue weighted by Crippen LogP contribution is 2.17. The van der Waals surface area contributed by atoms with Crippen molar-refractivity contribution in [2.45, 2.75) is 6.43 Å².